The second-order valence-corrected chi connectivity index (χ2v) is 4.69. The molecule has 0 fully saturated rings. The van der Waals surface area contributed by atoms with Crippen molar-refractivity contribution < 1.29 is 9.47 Å². The molecule has 0 amide bonds. The van der Waals surface area contributed by atoms with E-state index in [1.807, 2.05) is 18.2 Å². The van der Waals surface area contributed by atoms with Gasteiger partial charge in [0.1, 0.15) is 17.3 Å². The fraction of sp³-hybridized carbons (Fsp3) is 0.231. The number of nitrogens with zero attached hydrogens (tertiary/aromatic N) is 2. The summed E-state index contributed by atoms with van der Waals surface area (Å²) in [6, 6.07) is 5.50. The van der Waals surface area contributed by atoms with Crippen LogP contribution in [0.4, 0.5) is 17.5 Å². The molecule has 1 aromatic carbocycles. The molecule has 7 heteroatoms. The molecule has 0 aliphatic heterocycles. The van der Waals surface area contributed by atoms with Crippen molar-refractivity contribution in [3.63, 3.8) is 0 Å². The summed E-state index contributed by atoms with van der Waals surface area (Å²) in [5.74, 6) is 2.59. The van der Waals surface area contributed by atoms with E-state index in [0.29, 0.717) is 17.5 Å². The maximum Gasteiger partial charge on any atom is 0.224 e. The number of aromatic nitrogens is 2. The van der Waals surface area contributed by atoms with Gasteiger partial charge in [0.15, 0.2) is 0 Å². The van der Waals surface area contributed by atoms with E-state index in [0.717, 1.165) is 15.9 Å². The Kier molecular flexibility index (Phi) is 4.62. The van der Waals surface area contributed by atoms with Gasteiger partial charge in [0.25, 0.3) is 0 Å². The third kappa shape index (κ3) is 3.11. The third-order valence-corrected chi connectivity index (χ3v) is 3.21. The fourth-order valence-electron chi connectivity index (χ4n) is 1.61. The number of benzene rings is 1. The summed E-state index contributed by atoms with van der Waals surface area (Å²) in [7, 11) is 4.99. The predicted octanol–water partition coefficient (Wildman–Crippen LogP) is 3.04. The van der Waals surface area contributed by atoms with Gasteiger partial charge in [-0.05, 0) is 28.1 Å². The lowest BCUT2D eigenvalue weighted by Crippen LogP contribution is -2.02. The van der Waals surface area contributed by atoms with E-state index in [-0.39, 0.29) is 0 Å². The Morgan fingerprint density at radius 2 is 2.00 bits per heavy atom. The van der Waals surface area contributed by atoms with Gasteiger partial charge in [0.05, 0.1) is 24.4 Å². The normalized spacial score (nSPS) is 10.0. The lowest BCUT2D eigenvalue weighted by atomic mass is 10.2. The Bertz CT molecular complexity index is 607. The zero-order valence-electron chi connectivity index (χ0n) is 11.4. The molecular formula is C13H15BrN4O2. The van der Waals surface area contributed by atoms with Crippen molar-refractivity contribution in [1.82, 2.24) is 9.97 Å². The largest absolute Gasteiger partial charge is 0.497 e. The van der Waals surface area contributed by atoms with Gasteiger partial charge in [-0.1, -0.05) is 0 Å². The number of anilines is 3. The highest BCUT2D eigenvalue weighted by molar-refractivity contribution is 9.10. The van der Waals surface area contributed by atoms with Crippen LogP contribution < -0.4 is 20.1 Å². The Morgan fingerprint density at radius 3 is 2.65 bits per heavy atom. The highest BCUT2D eigenvalue weighted by Crippen LogP contribution is 2.33. The molecule has 0 radical (unpaired) electrons. The quantitative estimate of drug-likeness (QED) is 0.873. The fourth-order valence-corrected chi connectivity index (χ4v) is 1.90. The maximum absolute atomic E-state index is 5.32. The van der Waals surface area contributed by atoms with Gasteiger partial charge in [0, 0.05) is 19.3 Å². The Hall–Kier alpha value is -2.02. The number of halogens is 1. The standard InChI is InChI=1S/C13H15BrN4O2/c1-15-13-16-7-9(14)12(18-13)17-10-6-8(19-2)4-5-11(10)20-3/h4-7H,1-3H3,(H2,15,16,17,18). The van der Waals surface area contributed by atoms with Crippen molar-refractivity contribution in [2.75, 3.05) is 31.9 Å². The summed E-state index contributed by atoms with van der Waals surface area (Å²) >= 11 is 3.41. The van der Waals surface area contributed by atoms with Crippen LogP contribution in [-0.4, -0.2) is 31.2 Å². The number of nitrogens with one attached hydrogen (secondary N) is 2. The molecule has 2 N–H and O–H groups in total. The van der Waals surface area contributed by atoms with Gasteiger partial charge in [-0.25, -0.2) is 4.98 Å². The number of hydrogen-bond donors (Lipinski definition) is 2. The first-order valence-corrected chi connectivity index (χ1v) is 6.66. The van der Waals surface area contributed by atoms with Gasteiger partial charge in [0.2, 0.25) is 5.95 Å². The maximum atomic E-state index is 5.32. The van der Waals surface area contributed by atoms with Crippen LogP contribution in [0.3, 0.4) is 0 Å². The van der Waals surface area contributed by atoms with Crippen LogP contribution in [0.1, 0.15) is 0 Å². The van der Waals surface area contributed by atoms with Crippen LogP contribution in [-0.2, 0) is 0 Å². The second-order valence-electron chi connectivity index (χ2n) is 3.83. The van der Waals surface area contributed by atoms with Crippen molar-refractivity contribution >= 4 is 33.4 Å². The van der Waals surface area contributed by atoms with Gasteiger partial charge in [-0.15, -0.1) is 0 Å². The highest BCUT2D eigenvalue weighted by atomic mass is 79.9. The first kappa shape index (κ1) is 14.4. The molecule has 0 saturated heterocycles. The minimum atomic E-state index is 0.526. The number of methoxy groups -OCH3 is 2. The summed E-state index contributed by atoms with van der Waals surface area (Å²) in [5.41, 5.74) is 0.758. The average molecular weight is 339 g/mol. The molecule has 0 aliphatic carbocycles. The Morgan fingerprint density at radius 1 is 1.20 bits per heavy atom. The van der Waals surface area contributed by atoms with Gasteiger partial charge in [-0.2, -0.15) is 4.98 Å². The summed E-state index contributed by atoms with van der Waals surface area (Å²) < 4.78 is 11.3. The van der Waals surface area contributed by atoms with E-state index in [4.69, 9.17) is 9.47 Å². The SMILES string of the molecule is CNc1ncc(Br)c(Nc2cc(OC)ccc2OC)n1. The third-order valence-electron chi connectivity index (χ3n) is 2.63. The van der Waals surface area contributed by atoms with E-state index < -0.39 is 0 Å². The van der Waals surface area contributed by atoms with E-state index in [2.05, 4.69) is 36.5 Å². The molecule has 0 unspecified atom stereocenters. The Labute approximate surface area is 125 Å². The molecule has 2 rings (SSSR count). The van der Waals surface area contributed by atoms with Crippen molar-refractivity contribution in [2.24, 2.45) is 0 Å². The first-order chi connectivity index (χ1) is 9.67. The van der Waals surface area contributed by atoms with Gasteiger partial charge in [-0.3, -0.25) is 0 Å². The van der Waals surface area contributed by atoms with Gasteiger partial charge >= 0.3 is 0 Å². The topological polar surface area (TPSA) is 68.3 Å². The smallest absolute Gasteiger partial charge is 0.224 e. The van der Waals surface area contributed by atoms with Crippen LogP contribution in [0.2, 0.25) is 0 Å². The Balaban J connectivity index is 2.38. The number of rotatable bonds is 5. The minimum absolute atomic E-state index is 0.526. The lowest BCUT2D eigenvalue weighted by Gasteiger charge is -2.13. The van der Waals surface area contributed by atoms with E-state index in [1.165, 1.54) is 0 Å². The summed E-state index contributed by atoms with van der Waals surface area (Å²) in [4.78, 5) is 8.45. The first-order valence-electron chi connectivity index (χ1n) is 5.87. The molecule has 106 valence electrons. The van der Waals surface area contributed by atoms with Crippen molar-refractivity contribution in [1.29, 1.82) is 0 Å². The zero-order chi connectivity index (χ0) is 14.5. The summed E-state index contributed by atoms with van der Waals surface area (Å²) in [6.45, 7) is 0. The molecular weight excluding hydrogens is 324 g/mol. The van der Waals surface area contributed by atoms with E-state index in [9.17, 15) is 0 Å². The molecule has 1 aromatic heterocycles. The van der Waals surface area contributed by atoms with Crippen LogP contribution in [0, 0.1) is 0 Å². The summed E-state index contributed by atoms with van der Waals surface area (Å²) in [5, 5.41) is 6.09. The van der Waals surface area contributed by atoms with E-state index in [1.54, 1.807) is 27.5 Å². The molecule has 0 saturated carbocycles. The molecule has 0 bridgehead atoms. The molecule has 2 aromatic rings. The van der Waals surface area contributed by atoms with Crippen LogP contribution in [0.25, 0.3) is 0 Å². The number of ether oxygens (including phenoxy) is 2. The van der Waals surface area contributed by atoms with Crippen LogP contribution >= 0.6 is 15.9 Å². The van der Waals surface area contributed by atoms with Crippen molar-refractivity contribution in [3.8, 4) is 11.5 Å². The second kappa shape index (κ2) is 6.42. The van der Waals surface area contributed by atoms with E-state index >= 15 is 0 Å². The highest BCUT2D eigenvalue weighted by Gasteiger charge is 2.09. The van der Waals surface area contributed by atoms with Crippen molar-refractivity contribution in [2.45, 2.75) is 0 Å². The molecule has 0 atom stereocenters. The zero-order valence-corrected chi connectivity index (χ0v) is 13.0. The lowest BCUT2D eigenvalue weighted by molar-refractivity contribution is 0.405. The van der Waals surface area contributed by atoms with Crippen LogP contribution in [0.15, 0.2) is 28.9 Å². The summed E-state index contributed by atoms with van der Waals surface area (Å²) in [6.07, 6.45) is 1.67. The molecule has 0 aliphatic rings. The average Bonchev–Trinajstić information content (AvgIpc) is 2.49. The molecule has 0 spiro atoms. The minimum Gasteiger partial charge on any atom is -0.497 e. The molecule has 20 heavy (non-hydrogen) atoms. The monoisotopic (exact) mass is 338 g/mol. The molecule has 6 nitrogen and oxygen atoms in total. The van der Waals surface area contributed by atoms with Crippen molar-refractivity contribution in [3.05, 3.63) is 28.9 Å². The predicted molar refractivity (Wildman–Crippen MR) is 82.1 cm³/mol. The van der Waals surface area contributed by atoms with Crippen LogP contribution in [0.5, 0.6) is 11.5 Å². The number of hydrogen-bond acceptors (Lipinski definition) is 6. The molecule has 1 heterocycles. The van der Waals surface area contributed by atoms with Gasteiger partial charge < -0.3 is 20.1 Å².